The van der Waals surface area contributed by atoms with Crippen LogP contribution in [0.25, 0.3) is 21.6 Å². The third-order valence-corrected chi connectivity index (χ3v) is 18.5. The average molecular weight is 1210 g/mol. The standard InChI is InChI=1S/C69H80N8O10S/c1-41-62(88-40-72-41)47-28-26-44(27-29-47)36-71-64(81)57-35-49(78)37-76(57)67(84)63(69(3,4)5)75-60(80)21-12-7-14-43-22-24-45(25-23-43)38-86-42(2)55(32-33-59(79)70-6)73-65(82)58-34-48-16-13-15-46-30-31-56(66(83)77(58)61(46)48)74-68(85)87-39-54-52-19-10-8-17-50(52)51-18-9-11-20-53(51)54/h8-11,13,15-20,22-29,40,42,49,54-58,63,78H,7,12,14,21,30-39H2,1-6H3,(H,70,79)(H,71,81)(H,73,82)(H,74,85)(H,75,80)/t42-,49-,55+,56+,57+,58+,63?/m1/s1. The van der Waals surface area contributed by atoms with E-state index in [0.717, 1.165) is 66.2 Å². The van der Waals surface area contributed by atoms with E-state index < -0.39 is 71.6 Å². The van der Waals surface area contributed by atoms with Crippen molar-refractivity contribution in [2.24, 2.45) is 5.41 Å². The Morgan fingerprint density at radius 2 is 1.47 bits per heavy atom. The Hall–Kier alpha value is -8.26. The summed E-state index contributed by atoms with van der Waals surface area (Å²) < 4.78 is 12.3. The molecule has 1 aromatic heterocycles. The molecule has 18 nitrogen and oxygen atoms in total. The minimum absolute atomic E-state index is 0.0123. The molecule has 7 atom stereocenters. The predicted octanol–water partition coefficient (Wildman–Crippen LogP) is 8.37. The van der Waals surface area contributed by atoms with Gasteiger partial charge in [0.1, 0.15) is 30.8 Å². The summed E-state index contributed by atoms with van der Waals surface area (Å²) >= 11 is 1.57. The monoisotopic (exact) mass is 1210 g/mol. The van der Waals surface area contributed by atoms with Gasteiger partial charge in [0.15, 0.2) is 0 Å². The van der Waals surface area contributed by atoms with Gasteiger partial charge in [0.2, 0.25) is 35.4 Å². The Kier molecular flexibility index (Phi) is 19.9. The van der Waals surface area contributed by atoms with E-state index in [-0.39, 0.29) is 82.0 Å². The van der Waals surface area contributed by atoms with E-state index >= 15 is 0 Å². The summed E-state index contributed by atoms with van der Waals surface area (Å²) in [5.74, 6) is -2.19. The van der Waals surface area contributed by atoms with Crippen LogP contribution in [0.3, 0.4) is 0 Å². The van der Waals surface area contributed by atoms with E-state index in [2.05, 4.69) is 43.7 Å². The van der Waals surface area contributed by atoms with Crippen molar-refractivity contribution >= 4 is 58.6 Å². The van der Waals surface area contributed by atoms with Crippen LogP contribution in [-0.4, -0.2) is 119 Å². The van der Waals surface area contributed by atoms with Crippen molar-refractivity contribution in [3.8, 4) is 21.6 Å². The molecule has 0 spiro atoms. The number of aliphatic hydroxyl groups excluding tert-OH is 1. The van der Waals surface area contributed by atoms with E-state index in [1.807, 2.05) is 143 Å². The van der Waals surface area contributed by atoms with Gasteiger partial charge in [0.25, 0.3) is 0 Å². The van der Waals surface area contributed by atoms with Crippen molar-refractivity contribution in [2.75, 3.05) is 25.1 Å². The molecule has 462 valence electrons. The van der Waals surface area contributed by atoms with Gasteiger partial charge >= 0.3 is 6.09 Å². The van der Waals surface area contributed by atoms with Crippen LogP contribution in [0.1, 0.15) is 123 Å². The number of amides is 7. The van der Waals surface area contributed by atoms with Crippen molar-refractivity contribution < 1.29 is 48.1 Å². The molecular formula is C69H80N8O10S. The quantitative estimate of drug-likeness (QED) is 0.0333. The van der Waals surface area contributed by atoms with Crippen LogP contribution in [-0.2, 0) is 70.7 Å². The van der Waals surface area contributed by atoms with Crippen LogP contribution in [0.15, 0.2) is 121 Å². The van der Waals surface area contributed by atoms with Gasteiger partial charge in [-0.05, 0) is 113 Å². The van der Waals surface area contributed by atoms with Crippen molar-refractivity contribution in [3.63, 3.8) is 0 Å². The molecule has 6 N–H and O–H groups in total. The zero-order chi connectivity index (χ0) is 62.2. The number of thiazole rings is 1. The summed E-state index contributed by atoms with van der Waals surface area (Å²) in [7, 11) is 1.56. The van der Waals surface area contributed by atoms with Gasteiger partial charge < -0.3 is 46.1 Å². The van der Waals surface area contributed by atoms with E-state index in [1.165, 1.54) is 4.90 Å². The van der Waals surface area contributed by atoms with E-state index in [0.29, 0.717) is 37.8 Å². The SMILES string of the molecule is CNC(=O)CC[C@H](NC(=O)[C@@H]1Cc2cccc3c2N1C(=O)[C@@H](NC(=O)OCC1c2ccccc2-c2ccccc21)CC3)[C@@H](C)OCc1ccc(CCCCC(=O)NC(C(=O)N2C[C@H](O)C[C@H]2C(=O)NCc2ccc(-c3scnc3C)cc2)C(C)(C)C)cc1. The van der Waals surface area contributed by atoms with Crippen LogP contribution < -0.4 is 31.5 Å². The molecule has 0 saturated carbocycles. The number of hydrogen-bond donors (Lipinski definition) is 6. The van der Waals surface area contributed by atoms with Gasteiger partial charge in [-0.1, -0.05) is 136 Å². The first-order chi connectivity index (χ1) is 42.3. The molecule has 4 heterocycles. The zero-order valence-corrected chi connectivity index (χ0v) is 51.8. The molecule has 0 radical (unpaired) electrons. The zero-order valence-electron chi connectivity index (χ0n) is 50.9. The third-order valence-electron chi connectivity index (χ3n) is 17.6. The molecule has 88 heavy (non-hydrogen) atoms. The molecule has 19 heteroatoms. The van der Waals surface area contributed by atoms with Gasteiger partial charge in [-0.25, -0.2) is 9.78 Å². The Balaban J connectivity index is 0.692. The second kappa shape index (κ2) is 27.8. The van der Waals surface area contributed by atoms with Crippen LogP contribution in [0, 0.1) is 12.3 Å². The number of aryl methyl sites for hydroxylation is 3. The summed E-state index contributed by atoms with van der Waals surface area (Å²) in [4.78, 5) is 105. The lowest BCUT2D eigenvalue weighted by Crippen LogP contribution is -2.57. The summed E-state index contributed by atoms with van der Waals surface area (Å²) in [5, 5.41) is 25.3. The summed E-state index contributed by atoms with van der Waals surface area (Å²) in [6.07, 6.45) is 1.64. The van der Waals surface area contributed by atoms with Crippen molar-refractivity contribution in [1.29, 1.82) is 0 Å². The number of nitrogens with one attached hydrogen (secondary N) is 5. The number of anilines is 1. The van der Waals surface area contributed by atoms with Gasteiger partial charge in [-0.15, -0.1) is 11.3 Å². The van der Waals surface area contributed by atoms with E-state index in [9.17, 15) is 38.7 Å². The number of para-hydroxylation sites is 1. The summed E-state index contributed by atoms with van der Waals surface area (Å²) in [6, 6.07) is 33.6. The second-order valence-electron chi connectivity index (χ2n) is 24.7. The minimum Gasteiger partial charge on any atom is -0.449 e. The maximum Gasteiger partial charge on any atom is 0.407 e. The molecule has 3 aliphatic heterocycles. The number of hydrogen-bond acceptors (Lipinski definition) is 12. The largest absolute Gasteiger partial charge is 0.449 e. The smallest absolute Gasteiger partial charge is 0.407 e. The summed E-state index contributed by atoms with van der Waals surface area (Å²) in [5.41, 5.74) is 12.8. The number of unbranched alkanes of at least 4 members (excludes halogenated alkanes) is 1. The van der Waals surface area contributed by atoms with Crippen LogP contribution in [0.5, 0.6) is 0 Å². The maximum absolute atomic E-state index is 14.6. The normalized spacial score (nSPS) is 18.7. The number of aliphatic hydroxyl groups is 1. The molecule has 0 bridgehead atoms. The fraction of sp³-hybridized carbons (Fsp3) is 0.420. The number of fused-ring (bicyclic) bond motifs is 3. The fourth-order valence-electron chi connectivity index (χ4n) is 12.6. The Bertz CT molecular complexity index is 3480. The Labute approximate surface area is 518 Å². The van der Waals surface area contributed by atoms with Crippen LogP contribution in [0.4, 0.5) is 10.5 Å². The maximum atomic E-state index is 14.6. The molecule has 4 aliphatic rings. The van der Waals surface area contributed by atoms with Crippen LogP contribution in [0.2, 0.25) is 0 Å². The lowest BCUT2D eigenvalue weighted by molar-refractivity contribution is -0.144. The Morgan fingerprint density at radius 1 is 0.784 bits per heavy atom. The lowest BCUT2D eigenvalue weighted by Gasteiger charge is -2.35. The molecule has 1 fully saturated rings. The van der Waals surface area contributed by atoms with Crippen LogP contribution >= 0.6 is 11.3 Å². The number of carbonyl (C=O) groups excluding carboxylic acids is 7. The number of ether oxygens (including phenoxy) is 2. The molecule has 6 aromatic rings. The molecule has 1 unspecified atom stereocenters. The fourth-order valence-corrected chi connectivity index (χ4v) is 13.5. The topological polar surface area (TPSA) is 238 Å². The van der Waals surface area contributed by atoms with Crippen molar-refractivity contribution in [3.05, 3.63) is 165 Å². The number of nitrogens with zero attached hydrogens (tertiary/aromatic N) is 3. The number of alkyl carbamates (subject to hydrolysis) is 1. The van der Waals surface area contributed by atoms with Crippen molar-refractivity contribution in [1.82, 2.24) is 36.5 Å². The van der Waals surface area contributed by atoms with E-state index in [1.54, 1.807) is 23.3 Å². The van der Waals surface area contributed by atoms with Gasteiger partial charge in [0, 0.05) is 51.7 Å². The molecule has 7 amide bonds. The van der Waals surface area contributed by atoms with E-state index in [4.69, 9.17) is 9.47 Å². The molecule has 5 aromatic carbocycles. The average Bonchev–Trinajstić information content (AvgIpc) is 1.88. The molecule has 10 rings (SSSR count). The summed E-state index contributed by atoms with van der Waals surface area (Å²) in [6.45, 7) is 9.97. The molecular weight excluding hydrogens is 1130 g/mol. The van der Waals surface area contributed by atoms with Gasteiger partial charge in [0.05, 0.1) is 46.6 Å². The number of rotatable bonds is 23. The highest BCUT2D eigenvalue weighted by Gasteiger charge is 2.46. The molecule has 1 saturated heterocycles. The first-order valence-electron chi connectivity index (χ1n) is 30.7. The first kappa shape index (κ1) is 62.8. The lowest BCUT2D eigenvalue weighted by atomic mass is 9.85. The number of aromatic nitrogens is 1. The predicted molar refractivity (Wildman–Crippen MR) is 337 cm³/mol. The Morgan fingerprint density at radius 3 is 2.15 bits per heavy atom. The van der Waals surface area contributed by atoms with Gasteiger partial charge in [-0.2, -0.15) is 0 Å². The highest BCUT2D eigenvalue weighted by atomic mass is 32.1. The number of benzene rings is 5. The molecule has 1 aliphatic carbocycles. The minimum atomic E-state index is -0.948. The third kappa shape index (κ3) is 14.5. The highest BCUT2D eigenvalue weighted by molar-refractivity contribution is 7.13. The second-order valence-corrected chi connectivity index (χ2v) is 25.6. The highest BCUT2D eigenvalue weighted by Crippen LogP contribution is 2.45. The number of carbonyl (C=O) groups is 7. The first-order valence-corrected chi connectivity index (χ1v) is 31.5. The van der Waals surface area contributed by atoms with Crippen molar-refractivity contribution in [2.45, 2.75) is 160 Å². The number of likely N-dealkylation sites (tertiary alicyclic amines) is 1. The number of β-amino-alcohol motifs (C(OH)–C–C–N with tert-alkyl or cyclic N) is 1. The van der Waals surface area contributed by atoms with Gasteiger partial charge in [-0.3, -0.25) is 33.7 Å².